The van der Waals surface area contributed by atoms with Crippen LogP contribution in [0.3, 0.4) is 0 Å². The van der Waals surface area contributed by atoms with Crippen LogP contribution in [0.1, 0.15) is 11.1 Å². The van der Waals surface area contributed by atoms with Gasteiger partial charge < -0.3 is 5.32 Å². The zero-order chi connectivity index (χ0) is 13.0. The molecule has 0 radical (unpaired) electrons. The van der Waals surface area contributed by atoms with Gasteiger partial charge >= 0.3 is 0 Å². The summed E-state index contributed by atoms with van der Waals surface area (Å²) in [6.07, 6.45) is 0. The fourth-order valence-corrected chi connectivity index (χ4v) is 1.98. The van der Waals surface area contributed by atoms with E-state index in [9.17, 15) is 4.39 Å². The van der Waals surface area contributed by atoms with Gasteiger partial charge in [-0.25, -0.2) is 4.39 Å². The molecule has 18 heavy (non-hydrogen) atoms. The molecule has 0 aromatic heterocycles. The third kappa shape index (κ3) is 3.80. The van der Waals surface area contributed by atoms with Crippen LogP contribution in [0.15, 0.2) is 46.9 Å². The smallest absolute Gasteiger partial charge is 0.142 e. The highest BCUT2D eigenvalue weighted by Crippen LogP contribution is 2.15. The summed E-state index contributed by atoms with van der Waals surface area (Å²) in [7, 11) is 0. The lowest BCUT2D eigenvalue weighted by atomic mass is 10.2. The van der Waals surface area contributed by atoms with Gasteiger partial charge in [0.2, 0.25) is 0 Å². The minimum absolute atomic E-state index is 0.159. The molecular formula is C14H12BrClFN. The first-order valence-corrected chi connectivity index (χ1v) is 6.71. The van der Waals surface area contributed by atoms with E-state index in [1.54, 1.807) is 6.07 Å². The number of hydrogen-bond acceptors (Lipinski definition) is 1. The third-order valence-electron chi connectivity index (χ3n) is 2.56. The van der Waals surface area contributed by atoms with Gasteiger partial charge in [-0.15, -0.1) is 0 Å². The van der Waals surface area contributed by atoms with Gasteiger partial charge in [-0.3, -0.25) is 0 Å². The van der Waals surface area contributed by atoms with E-state index in [-0.39, 0.29) is 10.8 Å². The molecule has 0 aliphatic carbocycles. The van der Waals surface area contributed by atoms with Gasteiger partial charge in [0.15, 0.2) is 0 Å². The zero-order valence-electron chi connectivity index (χ0n) is 9.59. The number of benzene rings is 2. The zero-order valence-corrected chi connectivity index (χ0v) is 11.9. The van der Waals surface area contributed by atoms with Crippen LogP contribution in [-0.2, 0) is 13.1 Å². The Balaban J connectivity index is 1.88. The molecular weight excluding hydrogens is 317 g/mol. The van der Waals surface area contributed by atoms with Crippen LogP contribution >= 0.6 is 27.5 Å². The minimum Gasteiger partial charge on any atom is -0.309 e. The van der Waals surface area contributed by atoms with Crippen molar-refractivity contribution in [2.45, 2.75) is 13.1 Å². The van der Waals surface area contributed by atoms with Crippen molar-refractivity contribution in [3.8, 4) is 0 Å². The van der Waals surface area contributed by atoms with Crippen LogP contribution in [0.5, 0.6) is 0 Å². The Morgan fingerprint density at radius 2 is 1.61 bits per heavy atom. The van der Waals surface area contributed by atoms with Crippen LogP contribution in [0.4, 0.5) is 4.39 Å². The lowest BCUT2D eigenvalue weighted by molar-refractivity contribution is 0.620. The molecule has 0 aliphatic heterocycles. The summed E-state index contributed by atoms with van der Waals surface area (Å²) < 4.78 is 14.3. The highest BCUT2D eigenvalue weighted by molar-refractivity contribution is 9.10. The molecule has 0 heterocycles. The minimum atomic E-state index is -0.375. The second-order valence-electron chi connectivity index (χ2n) is 3.98. The van der Waals surface area contributed by atoms with E-state index in [2.05, 4.69) is 21.2 Å². The van der Waals surface area contributed by atoms with Crippen molar-refractivity contribution in [2.75, 3.05) is 0 Å². The summed E-state index contributed by atoms with van der Waals surface area (Å²) in [4.78, 5) is 0. The molecule has 1 N–H and O–H groups in total. The van der Waals surface area contributed by atoms with Crippen molar-refractivity contribution in [3.63, 3.8) is 0 Å². The Labute approximate surface area is 119 Å². The Morgan fingerprint density at radius 1 is 1.00 bits per heavy atom. The van der Waals surface area contributed by atoms with E-state index in [0.29, 0.717) is 6.54 Å². The van der Waals surface area contributed by atoms with Crippen LogP contribution in [-0.4, -0.2) is 0 Å². The third-order valence-corrected chi connectivity index (χ3v) is 3.39. The maximum absolute atomic E-state index is 13.2. The van der Waals surface area contributed by atoms with Crippen molar-refractivity contribution in [3.05, 3.63) is 68.9 Å². The molecule has 0 unspecified atom stereocenters. The molecule has 0 amide bonds. The molecule has 4 heteroatoms. The maximum Gasteiger partial charge on any atom is 0.142 e. The predicted octanol–water partition coefficient (Wildman–Crippen LogP) is 4.53. The van der Waals surface area contributed by atoms with Crippen molar-refractivity contribution in [1.82, 2.24) is 5.32 Å². The second kappa shape index (κ2) is 6.32. The molecule has 0 aliphatic rings. The fourth-order valence-electron chi connectivity index (χ4n) is 1.60. The first kappa shape index (κ1) is 13.5. The summed E-state index contributed by atoms with van der Waals surface area (Å²) in [6, 6.07) is 12.9. The summed E-state index contributed by atoms with van der Waals surface area (Å²) >= 11 is 9.02. The number of nitrogens with one attached hydrogen (secondary N) is 1. The van der Waals surface area contributed by atoms with Gasteiger partial charge in [0.1, 0.15) is 5.82 Å². The quantitative estimate of drug-likeness (QED) is 0.869. The average molecular weight is 329 g/mol. The summed E-state index contributed by atoms with van der Waals surface area (Å²) in [5.41, 5.74) is 2.07. The van der Waals surface area contributed by atoms with Crippen LogP contribution < -0.4 is 5.32 Å². The van der Waals surface area contributed by atoms with E-state index in [1.807, 2.05) is 30.3 Å². The van der Waals surface area contributed by atoms with E-state index in [1.165, 1.54) is 11.6 Å². The fraction of sp³-hybridized carbons (Fsp3) is 0.143. The maximum atomic E-state index is 13.2. The molecule has 2 aromatic rings. The van der Waals surface area contributed by atoms with Gasteiger partial charge in [-0.2, -0.15) is 0 Å². The molecule has 1 nitrogen and oxygen atoms in total. The molecule has 0 saturated carbocycles. The number of hydrogen-bond donors (Lipinski definition) is 1. The molecule has 0 atom stereocenters. The monoisotopic (exact) mass is 327 g/mol. The summed E-state index contributed by atoms with van der Waals surface area (Å²) in [5, 5.41) is 3.42. The van der Waals surface area contributed by atoms with Crippen LogP contribution in [0, 0.1) is 5.82 Å². The summed E-state index contributed by atoms with van der Waals surface area (Å²) in [5.74, 6) is -0.375. The first-order chi connectivity index (χ1) is 8.65. The molecule has 2 aromatic carbocycles. The molecule has 0 saturated heterocycles. The SMILES string of the molecule is Fc1cc(CNCc2ccc(Br)cc2)ccc1Cl. The molecule has 2 rings (SSSR count). The van der Waals surface area contributed by atoms with Gasteiger partial charge in [0.25, 0.3) is 0 Å². The van der Waals surface area contributed by atoms with Crippen molar-refractivity contribution < 1.29 is 4.39 Å². The second-order valence-corrected chi connectivity index (χ2v) is 5.30. The van der Waals surface area contributed by atoms with E-state index >= 15 is 0 Å². The van der Waals surface area contributed by atoms with Gasteiger partial charge in [0, 0.05) is 17.6 Å². The van der Waals surface area contributed by atoms with E-state index < -0.39 is 0 Å². The molecule has 0 fully saturated rings. The average Bonchev–Trinajstić information content (AvgIpc) is 2.36. The van der Waals surface area contributed by atoms with Crippen molar-refractivity contribution >= 4 is 27.5 Å². The van der Waals surface area contributed by atoms with Crippen molar-refractivity contribution in [2.24, 2.45) is 0 Å². The normalized spacial score (nSPS) is 10.6. The lowest BCUT2D eigenvalue weighted by Gasteiger charge is -2.06. The van der Waals surface area contributed by atoms with Crippen LogP contribution in [0.2, 0.25) is 5.02 Å². The topological polar surface area (TPSA) is 12.0 Å². The lowest BCUT2D eigenvalue weighted by Crippen LogP contribution is -2.12. The largest absolute Gasteiger partial charge is 0.309 e. The Bertz CT molecular complexity index is 528. The Hall–Kier alpha value is -0.900. The summed E-state index contributed by atoms with van der Waals surface area (Å²) in [6.45, 7) is 1.36. The molecule has 0 bridgehead atoms. The van der Waals surface area contributed by atoms with Gasteiger partial charge in [-0.05, 0) is 35.4 Å². The van der Waals surface area contributed by atoms with Gasteiger partial charge in [-0.1, -0.05) is 45.7 Å². The highest BCUT2D eigenvalue weighted by atomic mass is 79.9. The van der Waals surface area contributed by atoms with Gasteiger partial charge in [0.05, 0.1) is 5.02 Å². The molecule has 94 valence electrons. The van der Waals surface area contributed by atoms with Crippen LogP contribution in [0.25, 0.3) is 0 Å². The number of halogens is 3. The van der Waals surface area contributed by atoms with Crippen molar-refractivity contribution in [1.29, 1.82) is 0 Å². The predicted molar refractivity (Wildman–Crippen MR) is 76.1 cm³/mol. The standard InChI is InChI=1S/C14H12BrClFN/c15-12-4-1-10(2-5-12)8-18-9-11-3-6-13(16)14(17)7-11/h1-7,18H,8-9H2. The first-order valence-electron chi connectivity index (χ1n) is 5.54. The number of rotatable bonds is 4. The Kier molecular flexibility index (Phi) is 4.75. The van der Waals surface area contributed by atoms with E-state index in [4.69, 9.17) is 11.6 Å². The molecule has 0 spiro atoms. The Morgan fingerprint density at radius 3 is 2.28 bits per heavy atom. The van der Waals surface area contributed by atoms with E-state index in [0.717, 1.165) is 16.6 Å². The highest BCUT2D eigenvalue weighted by Gasteiger charge is 2.00.